The molecule has 0 atom stereocenters. The third-order valence-corrected chi connectivity index (χ3v) is 7.27. The van der Waals surface area contributed by atoms with Crippen molar-refractivity contribution in [3.63, 3.8) is 0 Å². The highest BCUT2D eigenvalue weighted by Gasteiger charge is 2.23. The highest BCUT2D eigenvalue weighted by molar-refractivity contribution is 7.14. The Morgan fingerprint density at radius 2 is 1.65 bits per heavy atom. The number of Topliss-reactive ketones (excluding diaryl/α,β-unsaturated/α-hetero) is 1. The van der Waals surface area contributed by atoms with Crippen molar-refractivity contribution < 1.29 is 9.59 Å². The number of aromatic nitrogens is 2. The molecule has 8 heteroatoms. The van der Waals surface area contributed by atoms with Gasteiger partial charge in [0.2, 0.25) is 0 Å². The van der Waals surface area contributed by atoms with Crippen LogP contribution in [0.15, 0.2) is 65.5 Å². The van der Waals surface area contributed by atoms with Crippen LogP contribution in [0.25, 0.3) is 10.8 Å². The van der Waals surface area contributed by atoms with E-state index in [0.717, 1.165) is 34.7 Å². The average Bonchev–Trinajstić information content (AvgIpc) is 3.34. The highest BCUT2D eigenvalue weighted by Crippen LogP contribution is 2.24. The lowest BCUT2D eigenvalue weighted by atomic mass is 10.1. The molecule has 7 nitrogen and oxygen atoms in total. The van der Waals surface area contributed by atoms with Crippen LogP contribution in [-0.2, 0) is 6.42 Å². The first-order valence-corrected chi connectivity index (χ1v) is 12.0. The molecular formula is C26H24N4O3S. The van der Waals surface area contributed by atoms with E-state index in [1.165, 1.54) is 11.3 Å². The van der Waals surface area contributed by atoms with Crippen LogP contribution in [0.5, 0.6) is 0 Å². The zero-order chi connectivity index (χ0) is 23.7. The first kappa shape index (κ1) is 22.0. The van der Waals surface area contributed by atoms with Crippen molar-refractivity contribution in [2.24, 2.45) is 0 Å². The lowest BCUT2D eigenvalue weighted by molar-refractivity contribution is 0.0751. The monoisotopic (exact) mass is 472 g/mol. The number of nitrogens with zero attached hydrogens (tertiary/aromatic N) is 3. The van der Waals surface area contributed by atoms with Crippen LogP contribution < -0.4 is 10.5 Å². The van der Waals surface area contributed by atoms with Gasteiger partial charge in [0.1, 0.15) is 0 Å². The summed E-state index contributed by atoms with van der Waals surface area (Å²) in [5.41, 5.74) is 2.36. The van der Waals surface area contributed by atoms with Crippen molar-refractivity contribution in [3.8, 4) is 0 Å². The van der Waals surface area contributed by atoms with E-state index < -0.39 is 0 Å². The minimum Gasteiger partial charge on any atom is -0.368 e. The van der Waals surface area contributed by atoms with Gasteiger partial charge in [-0.25, -0.2) is 5.10 Å². The average molecular weight is 473 g/mol. The van der Waals surface area contributed by atoms with Crippen molar-refractivity contribution in [3.05, 3.63) is 92.0 Å². The van der Waals surface area contributed by atoms with Gasteiger partial charge in [-0.2, -0.15) is 5.10 Å². The van der Waals surface area contributed by atoms with E-state index in [4.69, 9.17) is 0 Å². The van der Waals surface area contributed by atoms with Gasteiger partial charge in [-0.3, -0.25) is 14.4 Å². The molecular weight excluding hydrogens is 448 g/mol. The molecule has 2 aromatic heterocycles. The summed E-state index contributed by atoms with van der Waals surface area (Å²) in [4.78, 5) is 42.5. The molecule has 2 aromatic carbocycles. The van der Waals surface area contributed by atoms with Crippen LogP contribution in [0.4, 0.5) is 5.69 Å². The second kappa shape index (κ2) is 9.23. The number of carbonyl (C=O) groups is 2. The molecule has 1 amide bonds. The molecule has 3 heterocycles. The summed E-state index contributed by atoms with van der Waals surface area (Å²) in [7, 11) is 0. The van der Waals surface area contributed by atoms with Gasteiger partial charge in [-0.05, 0) is 49.4 Å². The Hall–Kier alpha value is -3.78. The largest absolute Gasteiger partial charge is 0.368 e. The predicted octanol–water partition coefficient (Wildman–Crippen LogP) is 3.74. The summed E-state index contributed by atoms with van der Waals surface area (Å²) in [6.07, 6.45) is 0.555. The molecule has 5 rings (SSSR count). The number of benzene rings is 2. The minimum absolute atomic E-state index is 0.0436. The smallest absolute Gasteiger partial charge is 0.272 e. The second-order valence-electron chi connectivity index (χ2n) is 8.37. The van der Waals surface area contributed by atoms with Crippen LogP contribution in [-0.4, -0.2) is 53.0 Å². The van der Waals surface area contributed by atoms with Crippen LogP contribution >= 0.6 is 11.3 Å². The predicted molar refractivity (Wildman–Crippen MR) is 134 cm³/mol. The number of hydrogen-bond acceptors (Lipinski definition) is 6. The number of ketones is 1. The first-order valence-electron chi connectivity index (χ1n) is 11.2. The molecule has 1 fully saturated rings. The number of anilines is 1. The molecule has 0 radical (unpaired) electrons. The van der Waals surface area contributed by atoms with Crippen molar-refractivity contribution in [2.45, 2.75) is 13.3 Å². The summed E-state index contributed by atoms with van der Waals surface area (Å²) in [5.74, 6) is 0.101. The first-order chi connectivity index (χ1) is 16.5. The maximum Gasteiger partial charge on any atom is 0.272 e. The number of thiophene rings is 1. The second-order valence-corrected chi connectivity index (χ2v) is 9.54. The van der Waals surface area contributed by atoms with Gasteiger partial charge in [0.05, 0.1) is 16.0 Å². The SMILES string of the molecule is CC(=O)c1ccc(N2CCN(C(=O)c3ccc(Cc4n[nH]c(=O)c5ccccc45)s3)CC2)cc1. The fourth-order valence-electron chi connectivity index (χ4n) is 4.29. The number of aromatic amines is 1. The summed E-state index contributed by atoms with van der Waals surface area (Å²) >= 11 is 1.47. The van der Waals surface area contributed by atoms with E-state index in [9.17, 15) is 14.4 Å². The van der Waals surface area contributed by atoms with E-state index in [-0.39, 0.29) is 17.2 Å². The van der Waals surface area contributed by atoms with Gasteiger partial charge >= 0.3 is 0 Å². The third-order valence-electron chi connectivity index (χ3n) is 6.19. The molecule has 1 aliphatic heterocycles. The summed E-state index contributed by atoms with van der Waals surface area (Å²) in [6.45, 7) is 4.35. The maximum atomic E-state index is 13.1. The molecule has 1 N–H and O–H groups in total. The Balaban J connectivity index is 1.24. The zero-order valence-electron chi connectivity index (χ0n) is 18.8. The fourth-order valence-corrected chi connectivity index (χ4v) is 5.27. The molecule has 4 aromatic rings. The van der Waals surface area contributed by atoms with E-state index in [1.54, 1.807) is 13.0 Å². The number of H-pyrrole nitrogens is 1. The number of rotatable bonds is 5. The van der Waals surface area contributed by atoms with E-state index >= 15 is 0 Å². The van der Waals surface area contributed by atoms with Crippen LogP contribution in [0.3, 0.4) is 0 Å². The topological polar surface area (TPSA) is 86.4 Å². The number of piperazine rings is 1. The Labute approximate surface area is 200 Å². The Bertz CT molecular complexity index is 1420. The van der Waals surface area contributed by atoms with Crippen LogP contribution in [0.2, 0.25) is 0 Å². The number of carbonyl (C=O) groups excluding carboxylic acids is 2. The van der Waals surface area contributed by atoms with E-state index in [2.05, 4.69) is 15.1 Å². The Morgan fingerprint density at radius 1 is 0.941 bits per heavy atom. The van der Waals surface area contributed by atoms with Crippen molar-refractivity contribution in [1.82, 2.24) is 15.1 Å². The van der Waals surface area contributed by atoms with Gasteiger partial charge in [0.15, 0.2) is 5.78 Å². The van der Waals surface area contributed by atoms with Gasteiger partial charge in [-0.1, -0.05) is 18.2 Å². The van der Waals surface area contributed by atoms with Gasteiger partial charge < -0.3 is 9.80 Å². The Kier molecular flexibility index (Phi) is 5.98. The summed E-state index contributed by atoms with van der Waals surface area (Å²) in [5, 5.41) is 8.27. The minimum atomic E-state index is -0.199. The standard InChI is InChI=1S/C26H24N4O3S/c1-17(31)18-6-8-19(9-7-18)29-12-14-30(15-13-29)26(33)24-11-10-20(34-24)16-23-21-4-2-3-5-22(21)25(32)28-27-23/h2-11H,12-16H2,1H3,(H,28,32). The molecule has 1 aliphatic rings. The molecule has 1 saturated heterocycles. The summed E-state index contributed by atoms with van der Waals surface area (Å²) < 4.78 is 0. The molecule has 34 heavy (non-hydrogen) atoms. The number of hydrogen-bond donors (Lipinski definition) is 1. The van der Waals surface area contributed by atoms with Crippen LogP contribution in [0.1, 0.15) is 37.5 Å². The fraction of sp³-hybridized carbons (Fsp3) is 0.231. The van der Waals surface area contributed by atoms with Gasteiger partial charge in [0.25, 0.3) is 11.5 Å². The van der Waals surface area contributed by atoms with Gasteiger partial charge in [0, 0.05) is 54.1 Å². The van der Waals surface area contributed by atoms with Crippen molar-refractivity contribution in [2.75, 3.05) is 31.1 Å². The molecule has 0 aliphatic carbocycles. The molecule has 0 spiro atoms. The molecule has 0 saturated carbocycles. The maximum absolute atomic E-state index is 13.1. The molecule has 172 valence electrons. The zero-order valence-corrected chi connectivity index (χ0v) is 19.6. The van der Waals surface area contributed by atoms with Crippen molar-refractivity contribution in [1.29, 1.82) is 0 Å². The number of fused-ring (bicyclic) bond motifs is 1. The normalized spacial score (nSPS) is 13.9. The van der Waals surface area contributed by atoms with Crippen LogP contribution in [0, 0.1) is 0 Å². The number of nitrogens with one attached hydrogen (secondary N) is 1. The lowest BCUT2D eigenvalue weighted by Crippen LogP contribution is -2.48. The quantitative estimate of drug-likeness (QED) is 0.447. The Morgan fingerprint density at radius 3 is 2.35 bits per heavy atom. The van der Waals surface area contributed by atoms with Crippen molar-refractivity contribution >= 4 is 39.5 Å². The molecule has 0 bridgehead atoms. The van der Waals surface area contributed by atoms with Gasteiger partial charge in [-0.15, -0.1) is 11.3 Å². The summed E-state index contributed by atoms with van der Waals surface area (Å²) in [6, 6.07) is 18.9. The third kappa shape index (κ3) is 4.36. The molecule has 0 unspecified atom stereocenters. The highest BCUT2D eigenvalue weighted by atomic mass is 32.1. The van der Waals surface area contributed by atoms with E-state index in [1.807, 2.05) is 59.5 Å². The lowest BCUT2D eigenvalue weighted by Gasteiger charge is -2.36. The number of amides is 1. The van der Waals surface area contributed by atoms with E-state index in [0.29, 0.717) is 35.3 Å².